The second kappa shape index (κ2) is 7.09. The summed E-state index contributed by atoms with van der Waals surface area (Å²) in [4.78, 5) is 8.73. The molecule has 0 saturated carbocycles. The van der Waals surface area contributed by atoms with Crippen LogP contribution in [0.25, 0.3) is 11.4 Å². The van der Waals surface area contributed by atoms with Crippen molar-refractivity contribution in [1.82, 2.24) is 9.97 Å². The lowest BCUT2D eigenvalue weighted by molar-refractivity contribution is 0.682. The molecule has 1 heterocycles. The summed E-state index contributed by atoms with van der Waals surface area (Å²) in [6.45, 7) is 0. The van der Waals surface area contributed by atoms with E-state index in [2.05, 4.69) is 9.97 Å². The average molecular weight is 308 g/mol. The molecule has 0 spiro atoms. The minimum atomic E-state index is -0.953. The fraction of sp³-hybridized carbons (Fsp3) is 0.111. The maximum Gasteiger partial charge on any atom is 0.159 e. The molecule has 0 aliphatic carbocycles. The zero-order valence-corrected chi connectivity index (χ0v) is 12.9. The van der Waals surface area contributed by atoms with Crippen LogP contribution in [0.2, 0.25) is 0 Å². The normalized spacial score (nSPS) is 12.0. The molecule has 0 aliphatic rings. The Morgan fingerprint density at radius 3 is 1.91 bits per heavy atom. The number of rotatable bonds is 5. The van der Waals surface area contributed by atoms with E-state index in [1.54, 1.807) is 12.4 Å². The number of hydrogen-bond donors (Lipinski definition) is 0. The van der Waals surface area contributed by atoms with Crippen LogP contribution in [-0.4, -0.2) is 14.2 Å². The predicted molar refractivity (Wildman–Crippen MR) is 89.5 cm³/mol. The van der Waals surface area contributed by atoms with Gasteiger partial charge in [-0.2, -0.15) is 0 Å². The Morgan fingerprint density at radius 2 is 1.27 bits per heavy atom. The van der Waals surface area contributed by atoms with Crippen molar-refractivity contribution in [3.05, 3.63) is 84.2 Å². The van der Waals surface area contributed by atoms with Gasteiger partial charge in [0.1, 0.15) is 0 Å². The van der Waals surface area contributed by atoms with Crippen LogP contribution in [0.3, 0.4) is 0 Å². The molecule has 4 heteroatoms. The predicted octanol–water partition coefficient (Wildman–Crippen LogP) is 3.59. The number of hydrogen-bond acceptors (Lipinski definition) is 3. The van der Waals surface area contributed by atoms with Gasteiger partial charge in [-0.3, -0.25) is 4.21 Å². The molecule has 3 nitrogen and oxygen atoms in total. The summed E-state index contributed by atoms with van der Waals surface area (Å²) >= 11 is 0. The van der Waals surface area contributed by atoms with Crippen molar-refractivity contribution in [2.45, 2.75) is 11.5 Å². The first kappa shape index (κ1) is 14.6. The van der Waals surface area contributed by atoms with Gasteiger partial charge in [-0.15, -0.1) is 0 Å². The van der Waals surface area contributed by atoms with Crippen LogP contribution >= 0.6 is 0 Å². The molecule has 0 radical (unpaired) electrons. The van der Waals surface area contributed by atoms with Gasteiger partial charge >= 0.3 is 0 Å². The fourth-order valence-corrected chi connectivity index (χ4v) is 3.35. The SMILES string of the molecule is O=S(Cc1ccccc1)Cc1cnc(-c2ccccc2)nc1. The summed E-state index contributed by atoms with van der Waals surface area (Å²) in [6.07, 6.45) is 3.52. The molecule has 1 atom stereocenters. The molecule has 0 aliphatic heterocycles. The average Bonchev–Trinajstić information content (AvgIpc) is 2.57. The van der Waals surface area contributed by atoms with E-state index in [0.29, 0.717) is 17.3 Å². The molecule has 3 rings (SSSR count). The second-order valence-corrected chi connectivity index (χ2v) is 6.45. The van der Waals surface area contributed by atoms with Crippen LogP contribution in [0, 0.1) is 0 Å². The monoisotopic (exact) mass is 308 g/mol. The van der Waals surface area contributed by atoms with E-state index in [0.717, 1.165) is 16.7 Å². The second-order valence-electron chi connectivity index (χ2n) is 5.00. The molecule has 2 aromatic carbocycles. The van der Waals surface area contributed by atoms with Gasteiger partial charge in [0.25, 0.3) is 0 Å². The highest BCUT2D eigenvalue weighted by Gasteiger charge is 2.05. The van der Waals surface area contributed by atoms with Crippen LogP contribution in [0.5, 0.6) is 0 Å². The zero-order chi connectivity index (χ0) is 15.2. The molecule has 22 heavy (non-hydrogen) atoms. The largest absolute Gasteiger partial charge is 0.259 e. The molecule has 1 aromatic heterocycles. The molecule has 0 bridgehead atoms. The van der Waals surface area contributed by atoms with Crippen LogP contribution in [0.15, 0.2) is 73.1 Å². The summed E-state index contributed by atoms with van der Waals surface area (Å²) in [7, 11) is -0.953. The van der Waals surface area contributed by atoms with Crippen molar-refractivity contribution >= 4 is 10.8 Å². The Hall–Kier alpha value is -2.33. The first-order chi connectivity index (χ1) is 10.8. The highest BCUT2D eigenvalue weighted by molar-refractivity contribution is 7.83. The number of aromatic nitrogens is 2. The molecule has 0 amide bonds. The molecule has 1 unspecified atom stereocenters. The van der Waals surface area contributed by atoms with E-state index in [4.69, 9.17) is 0 Å². The van der Waals surface area contributed by atoms with Gasteiger partial charge in [0.05, 0.1) is 5.75 Å². The summed E-state index contributed by atoms with van der Waals surface area (Å²) < 4.78 is 12.2. The molecular formula is C18H16N2OS. The highest BCUT2D eigenvalue weighted by atomic mass is 32.2. The molecule has 110 valence electrons. The summed E-state index contributed by atoms with van der Waals surface area (Å²) in [5, 5.41) is 0. The Bertz CT molecular complexity index is 743. The van der Waals surface area contributed by atoms with Crippen molar-refractivity contribution in [1.29, 1.82) is 0 Å². The van der Waals surface area contributed by atoms with E-state index < -0.39 is 10.8 Å². The Balaban J connectivity index is 1.65. The lowest BCUT2D eigenvalue weighted by Crippen LogP contribution is -2.01. The van der Waals surface area contributed by atoms with Crippen LogP contribution < -0.4 is 0 Å². The van der Waals surface area contributed by atoms with E-state index in [1.807, 2.05) is 60.7 Å². The summed E-state index contributed by atoms with van der Waals surface area (Å²) in [6, 6.07) is 19.7. The van der Waals surface area contributed by atoms with Crippen molar-refractivity contribution < 1.29 is 4.21 Å². The quantitative estimate of drug-likeness (QED) is 0.723. The van der Waals surface area contributed by atoms with Gasteiger partial charge in [0, 0.05) is 40.1 Å². The molecule has 0 N–H and O–H groups in total. The highest BCUT2D eigenvalue weighted by Crippen LogP contribution is 2.14. The third-order valence-electron chi connectivity index (χ3n) is 3.24. The van der Waals surface area contributed by atoms with E-state index in [-0.39, 0.29) is 0 Å². The van der Waals surface area contributed by atoms with Crippen molar-refractivity contribution in [2.24, 2.45) is 0 Å². The Labute approximate surface area is 132 Å². The maximum absolute atomic E-state index is 12.2. The lowest BCUT2D eigenvalue weighted by Gasteiger charge is -2.04. The maximum atomic E-state index is 12.2. The van der Waals surface area contributed by atoms with Crippen molar-refractivity contribution in [2.75, 3.05) is 0 Å². The third kappa shape index (κ3) is 3.86. The van der Waals surface area contributed by atoms with E-state index in [9.17, 15) is 4.21 Å². The topological polar surface area (TPSA) is 42.9 Å². The number of nitrogens with zero attached hydrogens (tertiary/aromatic N) is 2. The molecule has 0 saturated heterocycles. The third-order valence-corrected chi connectivity index (χ3v) is 4.55. The Morgan fingerprint density at radius 1 is 0.727 bits per heavy atom. The van der Waals surface area contributed by atoms with Crippen molar-refractivity contribution in [3.8, 4) is 11.4 Å². The van der Waals surface area contributed by atoms with Gasteiger partial charge < -0.3 is 0 Å². The number of benzene rings is 2. The van der Waals surface area contributed by atoms with Gasteiger partial charge in [-0.25, -0.2) is 9.97 Å². The summed E-state index contributed by atoms with van der Waals surface area (Å²) in [5.74, 6) is 1.73. The van der Waals surface area contributed by atoms with Crippen molar-refractivity contribution in [3.63, 3.8) is 0 Å². The molecule has 3 aromatic rings. The van der Waals surface area contributed by atoms with Gasteiger partial charge in [-0.1, -0.05) is 60.7 Å². The van der Waals surface area contributed by atoms with Crippen LogP contribution in [-0.2, 0) is 22.3 Å². The minimum Gasteiger partial charge on any atom is -0.259 e. The van der Waals surface area contributed by atoms with Gasteiger partial charge in [0.2, 0.25) is 0 Å². The fourth-order valence-electron chi connectivity index (χ4n) is 2.16. The minimum absolute atomic E-state index is 0.476. The summed E-state index contributed by atoms with van der Waals surface area (Å²) in [5.41, 5.74) is 2.97. The first-order valence-corrected chi connectivity index (χ1v) is 8.55. The first-order valence-electron chi connectivity index (χ1n) is 7.06. The molecule has 0 fully saturated rings. The van der Waals surface area contributed by atoms with E-state index in [1.165, 1.54) is 0 Å². The Kier molecular flexibility index (Phi) is 4.71. The van der Waals surface area contributed by atoms with Crippen LogP contribution in [0.1, 0.15) is 11.1 Å². The van der Waals surface area contributed by atoms with Gasteiger partial charge in [-0.05, 0) is 5.56 Å². The van der Waals surface area contributed by atoms with Gasteiger partial charge in [0.15, 0.2) is 5.82 Å². The zero-order valence-electron chi connectivity index (χ0n) is 12.1. The van der Waals surface area contributed by atoms with E-state index >= 15 is 0 Å². The molecular weight excluding hydrogens is 292 g/mol. The van der Waals surface area contributed by atoms with Crippen LogP contribution in [0.4, 0.5) is 0 Å². The standard InChI is InChI=1S/C18H16N2OS/c21-22(13-15-7-3-1-4-8-15)14-16-11-19-18(20-12-16)17-9-5-2-6-10-17/h1-12H,13-14H2. The lowest BCUT2D eigenvalue weighted by atomic mass is 10.2. The smallest absolute Gasteiger partial charge is 0.159 e.